The summed E-state index contributed by atoms with van der Waals surface area (Å²) in [6.45, 7) is 2.88. The van der Waals surface area contributed by atoms with Crippen molar-refractivity contribution < 1.29 is 22.6 Å². The predicted molar refractivity (Wildman–Crippen MR) is 127 cm³/mol. The van der Waals surface area contributed by atoms with Crippen LogP contribution in [0.25, 0.3) is 0 Å². The zero-order valence-corrected chi connectivity index (χ0v) is 19.9. The number of terminal acetylenes is 1. The van der Waals surface area contributed by atoms with E-state index in [1.54, 1.807) is 31.5 Å². The van der Waals surface area contributed by atoms with Crippen LogP contribution in [0.15, 0.2) is 42.6 Å². The number of alkyl halides is 3. The second-order valence-corrected chi connectivity index (χ2v) is 7.07. The van der Waals surface area contributed by atoms with E-state index in [1.807, 2.05) is 12.1 Å². The lowest BCUT2D eigenvalue weighted by Gasteiger charge is -2.09. The number of pyridine rings is 1. The van der Waals surface area contributed by atoms with E-state index in [2.05, 4.69) is 52.4 Å². The van der Waals surface area contributed by atoms with Crippen LogP contribution in [0.1, 0.15) is 13.8 Å². The van der Waals surface area contributed by atoms with Gasteiger partial charge in [0.05, 0.1) is 12.1 Å². The number of benzene rings is 1. The smallest absolute Gasteiger partial charge is 0.408 e. The number of hydrogen-bond donors (Lipinski definition) is 2. The van der Waals surface area contributed by atoms with Gasteiger partial charge in [-0.15, -0.1) is 17.9 Å². The van der Waals surface area contributed by atoms with E-state index < -0.39 is 12.7 Å². The SMILES string of the molecule is C#C.CNc1nc(Oc2ccccc2Cl)n(CC(F)(F)F)n1.COc1cc(NC(C)C)ccn1. The van der Waals surface area contributed by atoms with Gasteiger partial charge >= 0.3 is 12.2 Å². The van der Waals surface area contributed by atoms with Crippen LogP contribution >= 0.6 is 11.6 Å². The van der Waals surface area contributed by atoms with Crippen LogP contribution in [0, 0.1) is 12.8 Å². The summed E-state index contributed by atoms with van der Waals surface area (Å²) in [6.07, 6.45) is 5.29. The molecule has 8 nitrogen and oxygen atoms in total. The van der Waals surface area contributed by atoms with E-state index >= 15 is 0 Å². The zero-order chi connectivity index (χ0) is 25.7. The molecule has 0 fully saturated rings. The van der Waals surface area contributed by atoms with Crippen LogP contribution in [0.2, 0.25) is 5.02 Å². The van der Waals surface area contributed by atoms with Crippen molar-refractivity contribution in [1.29, 1.82) is 0 Å². The average Bonchev–Trinajstić information content (AvgIpc) is 3.16. The van der Waals surface area contributed by atoms with Gasteiger partial charge in [0.25, 0.3) is 0 Å². The number of halogens is 4. The van der Waals surface area contributed by atoms with Gasteiger partial charge < -0.3 is 20.1 Å². The first kappa shape index (κ1) is 28.4. The Morgan fingerprint density at radius 3 is 2.41 bits per heavy atom. The third-order valence-corrected chi connectivity index (χ3v) is 3.94. The molecule has 0 bridgehead atoms. The van der Waals surface area contributed by atoms with E-state index in [0.717, 1.165) is 5.69 Å². The molecule has 0 aliphatic heterocycles. The molecule has 0 radical (unpaired) electrons. The summed E-state index contributed by atoms with van der Waals surface area (Å²) in [4.78, 5) is 7.81. The molecule has 3 aromatic rings. The molecule has 0 aliphatic carbocycles. The number of rotatable bonds is 7. The van der Waals surface area contributed by atoms with Crippen molar-refractivity contribution in [3.05, 3.63) is 47.6 Å². The summed E-state index contributed by atoms with van der Waals surface area (Å²) in [5.74, 6) is 0.865. The number of nitrogens with one attached hydrogen (secondary N) is 2. The normalized spacial score (nSPS) is 10.3. The Hall–Kier alpha value is -3.65. The number of ether oxygens (including phenoxy) is 2. The molecule has 2 N–H and O–H groups in total. The Morgan fingerprint density at radius 1 is 1.18 bits per heavy atom. The first-order valence-corrected chi connectivity index (χ1v) is 10.2. The topological polar surface area (TPSA) is 86.1 Å². The zero-order valence-electron chi connectivity index (χ0n) is 19.1. The van der Waals surface area contributed by atoms with E-state index in [-0.39, 0.29) is 22.7 Å². The maximum absolute atomic E-state index is 12.5. The molecule has 2 aromatic heterocycles. The molecule has 0 saturated heterocycles. The second-order valence-electron chi connectivity index (χ2n) is 6.66. The van der Waals surface area contributed by atoms with Crippen LogP contribution < -0.4 is 20.1 Å². The fourth-order valence-electron chi connectivity index (χ4n) is 2.35. The van der Waals surface area contributed by atoms with Crippen LogP contribution in [0.4, 0.5) is 24.8 Å². The van der Waals surface area contributed by atoms with Crippen molar-refractivity contribution in [2.45, 2.75) is 32.6 Å². The van der Waals surface area contributed by atoms with Crippen molar-refractivity contribution in [1.82, 2.24) is 19.7 Å². The van der Waals surface area contributed by atoms with E-state index in [0.29, 0.717) is 16.6 Å². The maximum atomic E-state index is 12.5. The number of para-hydroxylation sites is 1. The van der Waals surface area contributed by atoms with Crippen molar-refractivity contribution in [3.63, 3.8) is 0 Å². The highest BCUT2D eigenvalue weighted by atomic mass is 35.5. The molecular formula is C22H26ClF3N6O2. The summed E-state index contributed by atoms with van der Waals surface area (Å²) in [7, 11) is 3.11. The van der Waals surface area contributed by atoms with Gasteiger partial charge in [-0.3, -0.25) is 0 Å². The Kier molecular flexibility index (Phi) is 11.5. The lowest BCUT2D eigenvalue weighted by Crippen LogP contribution is -2.19. The van der Waals surface area contributed by atoms with Gasteiger partial charge in [0.15, 0.2) is 0 Å². The molecule has 12 heteroatoms. The van der Waals surface area contributed by atoms with Gasteiger partial charge in [-0.25, -0.2) is 9.67 Å². The summed E-state index contributed by atoms with van der Waals surface area (Å²) in [5.41, 5.74) is 1.04. The Morgan fingerprint density at radius 2 is 1.85 bits per heavy atom. The quantitative estimate of drug-likeness (QED) is 0.417. The summed E-state index contributed by atoms with van der Waals surface area (Å²) in [5, 5.41) is 9.72. The summed E-state index contributed by atoms with van der Waals surface area (Å²) >= 11 is 5.88. The number of anilines is 2. The molecule has 0 amide bonds. The highest BCUT2D eigenvalue weighted by Crippen LogP contribution is 2.29. The number of methoxy groups -OCH3 is 1. The van der Waals surface area contributed by atoms with Gasteiger partial charge in [0.2, 0.25) is 11.8 Å². The van der Waals surface area contributed by atoms with Gasteiger partial charge in [-0.2, -0.15) is 18.2 Å². The monoisotopic (exact) mass is 498 g/mol. The second kappa shape index (κ2) is 13.8. The minimum absolute atomic E-state index is 0.0244. The van der Waals surface area contributed by atoms with Gasteiger partial charge in [0, 0.05) is 31.0 Å². The van der Waals surface area contributed by atoms with Crippen LogP contribution in [0.5, 0.6) is 17.6 Å². The third kappa shape index (κ3) is 9.87. The molecule has 34 heavy (non-hydrogen) atoms. The highest BCUT2D eigenvalue weighted by molar-refractivity contribution is 6.32. The molecule has 0 spiro atoms. The fourth-order valence-corrected chi connectivity index (χ4v) is 2.53. The lowest BCUT2D eigenvalue weighted by atomic mass is 10.3. The first-order chi connectivity index (χ1) is 16.1. The third-order valence-electron chi connectivity index (χ3n) is 3.63. The predicted octanol–water partition coefficient (Wildman–Crippen LogP) is 5.49. The van der Waals surface area contributed by atoms with E-state index in [4.69, 9.17) is 21.1 Å². The molecular weight excluding hydrogens is 473 g/mol. The van der Waals surface area contributed by atoms with Crippen molar-refractivity contribution in [2.24, 2.45) is 0 Å². The molecule has 3 rings (SSSR count). The summed E-state index contributed by atoms with van der Waals surface area (Å²) in [6, 6.07) is 10.3. The fraction of sp³-hybridized carbons (Fsp3) is 0.318. The van der Waals surface area contributed by atoms with Gasteiger partial charge in [0.1, 0.15) is 12.3 Å². The van der Waals surface area contributed by atoms with Gasteiger partial charge in [-0.1, -0.05) is 23.7 Å². The van der Waals surface area contributed by atoms with Crippen LogP contribution in [0.3, 0.4) is 0 Å². The number of aromatic nitrogens is 4. The van der Waals surface area contributed by atoms with E-state index in [1.165, 1.54) is 13.1 Å². The Labute approximate surface area is 201 Å². The maximum Gasteiger partial charge on any atom is 0.408 e. The minimum Gasteiger partial charge on any atom is -0.481 e. The summed E-state index contributed by atoms with van der Waals surface area (Å²) < 4.78 is 48.3. The largest absolute Gasteiger partial charge is 0.481 e. The number of nitrogens with zero attached hydrogens (tertiary/aromatic N) is 4. The highest BCUT2D eigenvalue weighted by Gasteiger charge is 2.31. The molecule has 184 valence electrons. The molecule has 0 atom stereocenters. The Bertz CT molecular complexity index is 1040. The molecule has 0 saturated carbocycles. The average molecular weight is 499 g/mol. The molecule has 2 heterocycles. The first-order valence-electron chi connectivity index (χ1n) is 9.83. The van der Waals surface area contributed by atoms with Gasteiger partial charge in [-0.05, 0) is 32.0 Å². The molecule has 1 aromatic carbocycles. The van der Waals surface area contributed by atoms with Crippen molar-refractivity contribution in [3.8, 4) is 30.5 Å². The Balaban J connectivity index is 0.000000353. The van der Waals surface area contributed by atoms with Crippen LogP contribution in [-0.4, -0.2) is 46.1 Å². The van der Waals surface area contributed by atoms with Crippen LogP contribution in [-0.2, 0) is 6.54 Å². The lowest BCUT2D eigenvalue weighted by molar-refractivity contribution is -0.143. The standard InChI is InChI=1S/C11H10ClF3N4O.C9H14N2O.C2H2/c1-16-9-17-10(19(18-9)6-11(13,14)15)20-8-5-3-2-4-7(8)12;1-7(2)11-8-4-5-10-9(6-8)12-3;1-2/h2-5H,6H2,1H3,(H,16,18);4-7H,1-3H3,(H,10,11);1-2H. The van der Waals surface area contributed by atoms with Crippen molar-refractivity contribution >= 4 is 23.2 Å². The minimum atomic E-state index is -4.43. The molecule has 0 aliphatic rings. The molecule has 0 unspecified atom stereocenters. The van der Waals surface area contributed by atoms with Crippen molar-refractivity contribution in [2.75, 3.05) is 24.8 Å². The van der Waals surface area contributed by atoms with E-state index in [9.17, 15) is 13.2 Å². The number of hydrogen-bond acceptors (Lipinski definition) is 7.